The third-order valence-electron chi connectivity index (χ3n) is 2.88. The van der Waals surface area contributed by atoms with Crippen LogP contribution < -0.4 is 10.6 Å². The lowest BCUT2D eigenvalue weighted by Gasteiger charge is -2.23. The predicted molar refractivity (Wildman–Crippen MR) is 81.5 cm³/mol. The Kier molecular flexibility index (Phi) is 5.40. The number of nitrogens with one attached hydrogen (secondary N) is 2. The molecule has 0 unspecified atom stereocenters. The summed E-state index contributed by atoms with van der Waals surface area (Å²) in [6.45, 7) is 11.7. The molecule has 19 heavy (non-hydrogen) atoms. The molecule has 0 aliphatic heterocycles. The molecule has 0 aliphatic rings. The number of benzene rings is 1. The van der Waals surface area contributed by atoms with Crippen LogP contribution >= 0.6 is 0 Å². The molecule has 0 saturated carbocycles. The Balaban J connectivity index is 2.61. The normalized spacial score (nSPS) is 11.5. The molecule has 0 fully saturated rings. The summed E-state index contributed by atoms with van der Waals surface area (Å²) in [5.41, 5.74) is 2.33. The van der Waals surface area contributed by atoms with Gasteiger partial charge in [-0.25, -0.2) is 0 Å². The quantitative estimate of drug-likeness (QED) is 0.855. The van der Waals surface area contributed by atoms with Crippen LogP contribution in [0.2, 0.25) is 0 Å². The van der Waals surface area contributed by atoms with Gasteiger partial charge in [-0.1, -0.05) is 52.8 Å². The Morgan fingerprint density at radius 1 is 1.21 bits per heavy atom. The highest BCUT2D eigenvalue weighted by Crippen LogP contribution is 2.28. The summed E-state index contributed by atoms with van der Waals surface area (Å²) in [4.78, 5) is 11.7. The van der Waals surface area contributed by atoms with Crippen LogP contribution in [0.25, 0.3) is 0 Å². The fourth-order valence-electron chi connectivity index (χ4n) is 1.85. The second kappa shape index (κ2) is 6.60. The van der Waals surface area contributed by atoms with E-state index in [1.807, 2.05) is 18.2 Å². The van der Waals surface area contributed by atoms with Crippen molar-refractivity contribution in [3.8, 4) is 0 Å². The van der Waals surface area contributed by atoms with E-state index in [0.29, 0.717) is 12.5 Å². The van der Waals surface area contributed by atoms with Crippen LogP contribution in [0.4, 0.5) is 5.69 Å². The minimum absolute atomic E-state index is 0.0393. The van der Waals surface area contributed by atoms with Gasteiger partial charge < -0.3 is 10.6 Å². The van der Waals surface area contributed by atoms with E-state index in [2.05, 4.69) is 51.3 Å². The average Bonchev–Trinajstić information content (AvgIpc) is 2.33. The molecule has 2 N–H and O–H groups in total. The zero-order valence-electron chi connectivity index (χ0n) is 12.7. The number of hydrogen-bond donors (Lipinski definition) is 2. The van der Waals surface area contributed by atoms with Crippen molar-refractivity contribution in [2.45, 2.75) is 40.0 Å². The van der Waals surface area contributed by atoms with E-state index >= 15 is 0 Å². The van der Waals surface area contributed by atoms with Crippen LogP contribution in [0.1, 0.15) is 40.2 Å². The van der Waals surface area contributed by atoms with Crippen molar-refractivity contribution in [3.05, 3.63) is 29.8 Å². The molecule has 3 heteroatoms. The van der Waals surface area contributed by atoms with Gasteiger partial charge in [0.05, 0.1) is 6.54 Å². The number of para-hydroxylation sites is 1. The third kappa shape index (κ3) is 5.33. The zero-order valence-corrected chi connectivity index (χ0v) is 12.7. The van der Waals surface area contributed by atoms with Crippen molar-refractivity contribution in [2.75, 3.05) is 18.4 Å². The molecule has 0 radical (unpaired) electrons. The maximum absolute atomic E-state index is 11.7. The molecule has 1 amide bonds. The SMILES string of the molecule is CC(C)CNC(=O)CNc1ccccc1C(C)(C)C. The van der Waals surface area contributed by atoms with Crippen molar-refractivity contribution < 1.29 is 4.79 Å². The van der Waals surface area contributed by atoms with Gasteiger partial charge in [0.1, 0.15) is 0 Å². The molecule has 1 rings (SSSR count). The van der Waals surface area contributed by atoms with Crippen LogP contribution in [-0.4, -0.2) is 19.0 Å². The summed E-state index contributed by atoms with van der Waals surface area (Å²) in [5, 5.41) is 6.14. The molecule has 0 aliphatic carbocycles. The van der Waals surface area contributed by atoms with Gasteiger partial charge in [0.2, 0.25) is 5.91 Å². The van der Waals surface area contributed by atoms with Crippen molar-refractivity contribution in [2.24, 2.45) is 5.92 Å². The lowest BCUT2D eigenvalue weighted by molar-refractivity contribution is -0.119. The fraction of sp³-hybridized carbons (Fsp3) is 0.562. The molecule has 0 bridgehead atoms. The van der Waals surface area contributed by atoms with E-state index in [0.717, 1.165) is 12.2 Å². The number of hydrogen-bond acceptors (Lipinski definition) is 2. The Labute approximate surface area is 116 Å². The first-order valence-electron chi connectivity index (χ1n) is 6.91. The summed E-state index contributed by atoms with van der Waals surface area (Å²) < 4.78 is 0. The third-order valence-corrected chi connectivity index (χ3v) is 2.88. The van der Waals surface area contributed by atoms with Crippen LogP contribution in [0.3, 0.4) is 0 Å². The Hall–Kier alpha value is -1.51. The maximum atomic E-state index is 11.7. The molecule has 0 aromatic heterocycles. The number of carbonyl (C=O) groups excluding carboxylic acids is 1. The van der Waals surface area contributed by atoms with Gasteiger partial charge in [0, 0.05) is 12.2 Å². The van der Waals surface area contributed by atoms with Crippen LogP contribution in [-0.2, 0) is 10.2 Å². The number of anilines is 1. The van der Waals surface area contributed by atoms with E-state index in [1.165, 1.54) is 5.56 Å². The highest BCUT2D eigenvalue weighted by Gasteiger charge is 2.17. The largest absolute Gasteiger partial charge is 0.376 e. The molecule has 0 saturated heterocycles. The molecule has 3 nitrogen and oxygen atoms in total. The highest BCUT2D eigenvalue weighted by atomic mass is 16.1. The molecule has 106 valence electrons. The summed E-state index contributed by atoms with van der Waals surface area (Å²) in [7, 11) is 0. The molecule has 1 aromatic rings. The second-order valence-corrected chi connectivity index (χ2v) is 6.35. The van der Waals surface area contributed by atoms with Gasteiger partial charge in [-0.15, -0.1) is 0 Å². The van der Waals surface area contributed by atoms with E-state index in [9.17, 15) is 4.79 Å². The Bertz CT molecular complexity index is 419. The van der Waals surface area contributed by atoms with Gasteiger partial charge in [0.25, 0.3) is 0 Å². The van der Waals surface area contributed by atoms with Gasteiger partial charge in [-0.3, -0.25) is 4.79 Å². The molecule has 0 atom stereocenters. The van der Waals surface area contributed by atoms with Crippen LogP contribution in [0, 0.1) is 5.92 Å². The summed E-state index contributed by atoms with van der Waals surface area (Å²) in [5.74, 6) is 0.517. The fourth-order valence-corrected chi connectivity index (χ4v) is 1.85. The first kappa shape index (κ1) is 15.5. The molecular weight excluding hydrogens is 236 g/mol. The summed E-state index contributed by atoms with van der Waals surface area (Å²) >= 11 is 0. The van der Waals surface area contributed by atoms with E-state index in [1.54, 1.807) is 0 Å². The maximum Gasteiger partial charge on any atom is 0.239 e. The first-order valence-corrected chi connectivity index (χ1v) is 6.91. The van der Waals surface area contributed by atoms with E-state index in [-0.39, 0.29) is 11.3 Å². The monoisotopic (exact) mass is 262 g/mol. The molecule has 1 aromatic carbocycles. The van der Waals surface area contributed by atoms with Crippen LogP contribution in [0.15, 0.2) is 24.3 Å². The minimum Gasteiger partial charge on any atom is -0.376 e. The number of carbonyl (C=O) groups is 1. The summed E-state index contributed by atoms with van der Waals surface area (Å²) in [6, 6.07) is 8.15. The zero-order chi connectivity index (χ0) is 14.5. The predicted octanol–water partition coefficient (Wildman–Crippen LogP) is 3.17. The summed E-state index contributed by atoms with van der Waals surface area (Å²) in [6.07, 6.45) is 0. The smallest absolute Gasteiger partial charge is 0.239 e. The van der Waals surface area contributed by atoms with Crippen molar-refractivity contribution in [1.82, 2.24) is 5.32 Å². The van der Waals surface area contributed by atoms with Gasteiger partial charge in [0.15, 0.2) is 0 Å². The Morgan fingerprint density at radius 3 is 2.42 bits per heavy atom. The van der Waals surface area contributed by atoms with E-state index < -0.39 is 0 Å². The second-order valence-electron chi connectivity index (χ2n) is 6.35. The van der Waals surface area contributed by atoms with Crippen molar-refractivity contribution >= 4 is 11.6 Å². The topological polar surface area (TPSA) is 41.1 Å². The van der Waals surface area contributed by atoms with Gasteiger partial charge in [-0.2, -0.15) is 0 Å². The molecular formula is C16H26N2O. The van der Waals surface area contributed by atoms with Gasteiger partial charge in [-0.05, 0) is 23.0 Å². The number of amides is 1. The highest BCUT2D eigenvalue weighted by molar-refractivity contribution is 5.81. The lowest BCUT2D eigenvalue weighted by atomic mass is 9.86. The van der Waals surface area contributed by atoms with Crippen molar-refractivity contribution in [1.29, 1.82) is 0 Å². The first-order chi connectivity index (χ1) is 8.80. The Morgan fingerprint density at radius 2 is 1.84 bits per heavy atom. The van der Waals surface area contributed by atoms with Gasteiger partial charge >= 0.3 is 0 Å². The standard InChI is InChI=1S/C16H26N2O/c1-12(2)10-18-15(19)11-17-14-9-7-6-8-13(14)16(3,4)5/h6-9,12,17H,10-11H2,1-5H3,(H,18,19). The average molecular weight is 262 g/mol. The molecule has 0 heterocycles. The lowest BCUT2D eigenvalue weighted by Crippen LogP contribution is -2.33. The minimum atomic E-state index is 0.0393. The van der Waals surface area contributed by atoms with Crippen LogP contribution in [0.5, 0.6) is 0 Å². The van der Waals surface area contributed by atoms with Crippen molar-refractivity contribution in [3.63, 3.8) is 0 Å². The number of rotatable bonds is 5. The molecule has 0 spiro atoms. The van der Waals surface area contributed by atoms with E-state index in [4.69, 9.17) is 0 Å².